The van der Waals surface area contributed by atoms with Gasteiger partial charge in [-0.15, -0.1) is 0 Å². The molecule has 25 nitrogen and oxygen atoms in total. The summed E-state index contributed by atoms with van der Waals surface area (Å²) < 4.78 is 54.4. The van der Waals surface area contributed by atoms with E-state index < -0.39 is 149 Å². The number of rotatable bonds is 22. The third-order valence-corrected chi connectivity index (χ3v) is 11.4. The highest BCUT2D eigenvalue weighted by Crippen LogP contribution is 2.31. The van der Waals surface area contributed by atoms with Crippen LogP contribution >= 0.6 is 0 Å². The number of hydrogen-bond donors (Lipinski definition) is 14. The molecular weight excluding hydrogens is 860 g/mol. The van der Waals surface area contributed by atoms with Gasteiger partial charge in [0, 0.05) is 44.4 Å². The average molecular weight is 911 g/mol. The number of benzene rings is 1. The number of likely N-dealkylation sites (tertiary alicyclic amines) is 1. The summed E-state index contributed by atoms with van der Waals surface area (Å²) in [6.07, 6.45) is -7.49. The number of aliphatic hydroxyl groups is 5. The molecule has 10 atom stereocenters. The van der Waals surface area contributed by atoms with Crippen molar-refractivity contribution in [3.8, 4) is 5.75 Å². The van der Waals surface area contributed by atoms with E-state index in [9.17, 15) is 70.8 Å². The second kappa shape index (κ2) is 22.3. The largest absolute Gasteiger partial charge is 0.488 e. The number of aromatic amines is 1. The van der Waals surface area contributed by atoms with Gasteiger partial charge in [-0.25, -0.2) is 0 Å². The molecule has 28 heteroatoms. The van der Waals surface area contributed by atoms with Crippen molar-refractivity contribution in [1.29, 1.82) is 0 Å². The number of hydrogen-bond acceptors (Lipinski definition) is 18. The highest BCUT2D eigenvalue weighted by atomic mass is 32.3. The number of fused-ring (bicyclic) bond motifs is 1. The summed E-state index contributed by atoms with van der Waals surface area (Å²) in [5.74, 6) is -7.98. The fraction of sp³-hybridized carbons (Fsp3) is 0.576. The van der Waals surface area contributed by atoms with Crippen LogP contribution in [0, 0.1) is 5.92 Å². The molecule has 1 aliphatic rings. The number of carbonyl (C=O) groups is 6. The molecule has 1 saturated heterocycles. The van der Waals surface area contributed by atoms with Gasteiger partial charge in [0.05, 0.1) is 60.0 Å². The van der Waals surface area contributed by atoms with E-state index in [1.54, 1.807) is 0 Å². The molecule has 0 radical (unpaired) electrons. The van der Waals surface area contributed by atoms with Gasteiger partial charge in [-0.05, 0) is 24.1 Å². The van der Waals surface area contributed by atoms with Crippen molar-refractivity contribution in [2.75, 3.05) is 46.1 Å². The average Bonchev–Trinajstić information content (AvgIpc) is 3.78. The topological polar surface area (TPSA) is 407 Å². The number of nitrogens with one attached hydrogen (secondary N) is 7. The molecule has 0 spiro atoms. The zero-order valence-corrected chi connectivity index (χ0v) is 34.6. The first-order valence-electron chi connectivity index (χ1n) is 18.4. The Labute approximate surface area is 350 Å². The van der Waals surface area contributed by atoms with Gasteiger partial charge in [0.2, 0.25) is 35.4 Å². The Bertz CT molecular complexity index is 2060. The lowest BCUT2D eigenvalue weighted by Crippen LogP contribution is -2.61. The minimum absolute atomic E-state index is 0.0434. The van der Waals surface area contributed by atoms with Crippen LogP contribution in [-0.4, -0.2) is 178 Å². The first kappa shape index (κ1) is 50.4. The third-order valence-electron chi connectivity index (χ3n) is 9.57. The van der Waals surface area contributed by atoms with E-state index >= 15 is 0 Å². The van der Waals surface area contributed by atoms with Gasteiger partial charge >= 0.3 is 10.5 Å². The Hall–Kier alpha value is -4.91. The molecular formula is C33H51FN10O15S2. The van der Waals surface area contributed by atoms with Crippen LogP contribution in [0.15, 0.2) is 23.2 Å². The molecule has 1 aromatic heterocycles. The molecule has 61 heavy (non-hydrogen) atoms. The van der Waals surface area contributed by atoms with Crippen molar-refractivity contribution in [2.24, 2.45) is 17.4 Å². The number of nitrogens with zero attached hydrogens (tertiary/aromatic N) is 1. The standard InChI is InChI=1S/C33H51FN10O15S2/c1-14(23(47)12-45)26(43-30(53)22-6-15(46)11-44(22)33(55)27(36)50)31(54)41-20(29(52)39-10-25(49)37-2)8-18-17-5-4-16(59-61(34,57)58)7-19(17)42-32(18)60(56)13-21(28(51)38-3)40-24(48)9-35/h4-5,7,14-15,20-23,26-27,33,42,45-47,50,55H,6,8-13,35-36H2,1-3H3,(H,37,49)(H,38,51)(H,39,52)(H,40,48)(H,41,54)(H,43,53)/t14-,15+,20-,21-,22-,23-,26-,27-,33?,60?/m0/s1. The molecule has 1 aliphatic heterocycles. The van der Waals surface area contributed by atoms with Gasteiger partial charge in [-0.1, -0.05) is 10.8 Å². The van der Waals surface area contributed by atoms with Crippen molar-refractivity contribution in [3.63, 3.8) is 0 Å². The van der Waals surface area contributed by atoms with E-state index in [0.717, 1.165) is 17.0 Å². The Balaban J connectivity index is 2.15. The lowest BCUT2D eigenvalue weighted by molar-refractivity contribution is -0.140. The third kappa shape index (κ3) is 13.8. The lowest BCUT2D eigenvalue weighted by atomic mass is 9.94. The lowest BCUT2D eigenvalue weighted by Gasteiger charge is -2.33. The Morgan fingerprint density at radius 1 is 1.02 bits per heavy atom. The molecule has 2 heterocycles. The predicted octanol–water partition coefficient (Wildman–Crippen LogP) is -7.55. The van der Waals surface area contributed by atoms with Crippen LogP contribution in [0.4, 0.5) is 3.89 Å². The molecule has 1 aromatic carbocycles. The van der Waals surface area contributed by atoms with Crippen molar-refractivity contribution in [2.45, 2.75) is 73.6 Å². The molecule has 0 saturated carbocycles. The number of nitrogens with two attached hydrogens (primary N) is 2. The van der Waals surface area contributed by atoms with Crippen LogP contribution in [0.3, 0.4) is 0 Å². The summed E-state index contributed by atoms with van der Waals surface area (Å²) in [5, 5.41) is 64.7. The summed E-state index contributed by atoms with van der Waals surface area (Å²) in [4.78, 5) is 82.4. The SMILES string of the molecule is CNC(=O)CNC(=O)[C@H](Cc1c(S(=O)C[C@H](NC(=O)CN)C(=O)NC)[nH]c2cc(OS(=O)(=O)F)ccc12)NC(=O)[C@@H](NC(=O)[C@@H]1C[C@@H](O)CN1C(O)[C@@H](N)O)[C@@H](C)[C@@H](O)CO. The number of likely N-dealkylation sites (N-methyl/N-ethyl adjacent to an activating group) is 2. The fourth-order valence-electron chi connectivity index (χ4n) is 6.33. The first-order chi connectivity index (χ1) is 28.5. The zero-order chi connectivity index (χ0) is 45.9. The van der Waals surface area contributed by atoms with Crippen LogP contribution in [0.25, 0.3) is 10.9 Å². The van der Waals surface area contributed by atoms with Crippen molar-refractivity contribution in [3.05, 3.63) is 23.8 Å². The predicted molar refractivity (Wildman–Crippen MR) is 209 cm³/mol. The number of aliphatic hydroxyl groups excluding tert-OH is 5. The maximum Gasteiger partial charge on any atom is 0.488 e. The molecule has 6 amide bonds. The van der Waals surface area contributed by atoms with Gasteiger partial charge in [0.25, 0.3) is 0 Å². The Kier molecular flexibility index (Phi) is 18.4. The number of halogens is 1. The molecule has 16 N–H and O–H groups in total. The smallest absolute Gasteiger partial charge is 0.394 e. The van der Waals surface area contributed by atoms with E-state index in [-0.39, 0.29) is 34.5 Å². The normalized spacial score (nSPS) is 19.6. The summed E-state index contributed by atoms with van der Waals surface area (Å²) in [7, 11) is -5.35. The van der Waals surface area contributed by atoms with Crippen LogP contribution in [0.1, 0.15) is 18.9 Å². The number of H-pyrrole nitrogens is 1. The van der Waals surface area contributed by atoms with Gasteiger partial charge in [0.1, 0.15) is 41.4 Å². The maximum absolute atomic E-state index is 14.2. The minimum atomic E-state index is -5.53. The summed E-state index contributed by atoms with van der Waals surface area (Å²) in [6.45, 7) is -1.14. The van der Waals surface area contributed by atoms with E-state index in [2.05, 4.69) is 41.1 Å². The molecule has 342 valence electrons. The van der Waals surface area contributed by atoms with Crippen molar-refractivity contribution in [1.82, 2.24) is 41.8 Å². The van der Waals surface area contributed by atoms with Gasteiger partial charge in [-0.3, -0.25) is 37.9 Å². The highest BCUT2D eigenvalue weighted by Gasteiger charge is 2.43. The van der Waals surface area contributed by atoms with Gasteiger partial charge < -0.3 is 78.1 Å². The second-order valence-electron chi connectivity index (χ2n) is 13.8. The minimum Gasteiger partial charge on any atom is -0.394 e. The fourth-order valence-corrected chi connectivity index (χ4v) is 8.06. The van der Waals surface area contributed by atoms with Crippen LogP contribution in [0.2, 0.25) is 0 Å². The summed E-state index contributed by atoms with van der Waals surface area (Å²) in [6, 6.07) is -3.20. The van der Waals surface area contributed by atoms with Crippen LogP contribution < -0.4 is 47.6 Å². The van der Waals surface area contributed by atoms with Crippen LogP contribution in [0.5, 0.6) is 5.75 Å². The molecule has 2 aromatic rings. The molecule has 2 unspecified atom stereocenters. The quantitative estimate of drug-likeness (QED) is 0.0385. The Morgan fingerprint density at radius 3 is 2.26 bits per heavy atom. The molecule has 3 rings (SSSR count). The summed E-state index contributed by atoms with van der Waals surface area (Å²) >= 11 is 0. The number of β-amino-alcohol motifs (C(OH)–C–C–N with tert-alkyl or cyclic N) is 1. The van der Waals surface area contributed by atoms with Crippen molar-refractivity contribution < 1.29 is 75.0 Å². The Morgan fingerprint density at radius 2 is 1.69 bits per heavy atom. The van der Waals surface area contributed by atoms with Gasteiger partial charge in [-0.2, -0.15) is 8.42 Å². The number of amides is 6. The van der Waals surface area contributed by atoms with E-state index in [1.807, 2.05) is 0 Å². The summed E-state index contributed by atoms with van der Waals surface area (Å²) in [5.41, 5.74) is 10.7. The molecule has 0 aliphatic carbocycles. The number of carbonyl (C=O) groups excluding carboxylic acids is 6. The van der Waals surface area contributed by atoms with E-state index in [4.69, 9.17) is 11.5 Å². The zero-order valence-electron chi connectivity index (χ0n) is 33.0. The molecule has 0 bridgehead atoms. The van der Waals surface area contributed by atoms with E-state index in [0.29, 0.717) is 0 Å². The van der Waals surface area contributed by atoms with Crippen molar-refractivity contribution >= 4 is 67.6 Å². The molecule has 1 fully saturated rings. The maximum atomic E-state index is 14.2. The first-order valence-corrected chi connectivity index (χ1v) is 21.0. The van der Waals surface area contributed by atoms with Crippen LogP contribution in [-0.2, 0) is 56.5 Å². The second-order valence-corrected chi connectivity index (χ2v) is 16.2. The monoisotopic (exact) mass is 910 g/mol. The van der Waals surface area contributed by atoms with E-state index in [1.165, 1.54) is 27.1 Å². The van der Waals surface area contributed by atoms with Gasteiger partial charge in [0.15, 0.2) is 0 Å². The highest BCUT2D eigenvalue weighted by molar-refractivity contribution is 7.85. The number of aromatic nitrogens is 1.